The van der Waals surface area contributed by atoms with E-state index >= 15 is 0 Å². The minimum Gasteiger partial charge on any atom is -0.385 e. The monoisotopic (exact) mass is 531 g/mol. The van der Waals surface area contributed by atoms with E-state index in [9.17, 15) is 32.3 Å². The summed E-state index contributed by atoms with van der Waals surface area (Å²) in [4.78, 5) is 54.3. The van der Waals surface area contributed by atoms with E-state index in [-0.39, 0.29) is 29.9 Å². The maximum atomic E-state index is 14.3. The van der Waals surface area contributed by atoms with Crippen LogP contribution < -0.4 is 5.32 Å². The smallest absolute Gasteiger partial charge is 0.385 e. The van der Waals surface area contributed by atoms with Crippen LogP contribution in [0.5, 0.6) is 0 Å². The fraction of sp³-hybridized carbons (Fsp3) is 0.333. The van der Waals surface area contributed by atoms with Gasteiger partial charge in [0.2, 0.25) is 11.8 Å². The van der Waals surface area contributed by atoms with E-state index in [4.69, 9.17) is 4.74 Å². The molecule has 3 rings (SSSR count). The van der Waals surface area contributed by atoms with E-state index in [0.29, 0.717) is 4.90 Å². The first kappa shape index (κ1) is 28.6. The minimum absolute atomic E-state index is 0.00156. The summed E-state index contributed by atoms with van der Waals surface area (Å²) in [5.74, 6) is -4.80. The molecule has 1 heterocycles. The van der Waals surface area contributed by atoms with Crippen molar-refractivity contribution in [3.63, 3.8) is 0 Å². The molecule has 0 aromatic heterocycles. The van der Waals surface area contributed by atoms with E-state index in [2.05, 4.69) is 5.32 Å². The number of hydrogen-bond acceptors (Lipinski definition) is 5. The summed E-state index contributed by atoms with van der Waals surface area (Å²) < 4.78 is 47.9. The van der Waals surface area contributed by atoms with Gasteiger partial charge < -0.3 is 15.0 Å². The lowest BCUT2D eigenvalue weighted by molar-refractivity contribution is -0.187. The van der Waals surface area contributed by atoms with Crippen molar-refractivity contribution in [1.29, 1.82) is 0 Å². The summed E-state index contributed by atoms with van der Waals surface area (Å²) in [7, 11) is 1.37. The number of halogens is 3. The molecule has 3 amide bonds. The summed E-state index contributed by atoms with van der Waals surface area (Å²) in [6, 6.07) is 14.4. The Bertz CT molecular complexity index is 1220. The second kappa shape index (κ2) is 11.6. The molecule has 0 radical (unpaired) electrons. The Hall–Kier alpha value is -3.99. The maximum absolute atomic E-state index is 14.3. The molecular formula is C27H28F3N3O5. The quantitative estimate of drug-likeness (QED) is 0.536. The topological polar surface area (TPSA) is 96.0 Å². The molecule has 2 unspecified atom stereocenters. The Morgan fingerprint density at radius 1 is 0.974 bits per heavy atom. The van der Waals surface area contributed by atoms with Crippen LogP contribution in [0.25, 0.3) is 5.70 Å². The fourth-order valence-corrected chi connectivity index (χ4v) is 4.51. The molecular weight excluding hydrogens is 503 g/mol. The molecule has 2 aromatic carbocycles. The van der Waals surface area contributed by atoms with E-state index < -0.39 is 47.8 Å². The highest BCUT2D eigenvalue weighted by molar-refractivity contribution is 6.05. The number of alkyl halides is 3. The Kier molecular flexibility index (Phi) is 8.72. The molecule has 0 saturated carbocycles. The molecule has 1 aliphatic rings. The third kappa shape index (κ3) is 5.94. The fourth-order valence-electron chi connectivity index (χ4n) is 4.51. The van der Waals surface area contributed by atoms with Gasteiger partial charge in [-0.3, -0.25) is 24.1 Å². The number of carbonyl (C=O) groups is 4. The zero-order chi connectivity index (χ0) is 28.1. The zero-order valence-electron chi connectivity index (χ0n) is 21.1. The van der Waals surface area contributed by atoms with Gasteiger partial charge in [0.05, 0.1) is 5.70 Å². The van der Waals surface area contributed by atoms with E-state index in [1.54, 1.807) is 36.4 Å². The third-order valence-electron chi connectivity index (χ3n) is 6.07. The number of carbonyl (C=O) groups excluding carboxylic acids is 4. The predicted molar refractivity (Wildman–Crippen MR) is 132 cm³/mol. The van der Waals surface area contributed by atoms with Crippen LogP contribution in [-0.4, -0.2) is 64.9 Å². The lowest BCUT2D eigenvalue weighted by Crippen LogP contribution is -2.72. The van der Waals surface area contributed by atoms with Gasteiger partial charge in [0, 0.05) is 46.6 Å². The molecule has 2 atom stereocenters. The molecule has 0 aliphatic carbocycles. The second-order valence-electron chi connectivity index (χ2n) is 8.81. The van der Waals surface area contributed by atoms with Crippen LogP contribution >= 0.6 is 0 Å². The van der Waals surface area contributed by atoms with Gasteiger partial charge in [-0.1, -0.05) is 60.7 Å². The first-order valence-electron chi connectivity index (χ1n) is 11.8. The number of rotatable bonds is 9. The van der Waals surface area contributed by atoms with Gasteiger partial charge >= 0.3 is 6.18 Å². The van der Waals surface area contributed by atoms with Crippen molar-refractivity contribution in [2.45, 2.75) is 44.6 Å². The molecule has 11 heteroatoms. The molecule has 2 aromatic rings. The van der Waals surface area contributed by atoms with Crippen molar-refractivity contribution < 1.29 is 37.1 Å². The first-order chi connectivity index (χ1) is 17.9. The Morgan fingerprint density at radius 2 is 1.55 bits per heavy atom. The molecule has 8 nitrogen and oxygen atoms in total. The molecule has 0 saturated heterocycles. The van der Waals surface area contributed by atoms with Gasteiger partial charge in [-0.25, -0.2) is 0 Å². The van der Waals surface area contributed by atoms with Crippen LogP contribution in [0.1, 0.15) is 31.4 Å². The number of amides is 3. The van der Waals surface area contributed by atoms with Crippen molar-refractivity contribution >= 4 is 29.2 Å². The summed E-state index contributed by atoms with van der Waals surface area (Å²) in [5.41, 5.74) is -2.52. The Labute approximate surface area is 218 Å². The highest BCUT2D eigenvalue weighted by Crippen LogP contribution is 2.39. The minimum atomic E-state index is -5.43. The average Bonchev–Trinajstić information content (AvgIpc) is 2.86. The van der Waals surface area contributed by atoms with Gasteiger partial charge in [0.15, 0.2) is 5.66 Å². The Balaban J connectivity index is 2.39. The van der Waals surface area contributed by atoms with E-state index in [1.807, 2.05) is 0 Å². The van der Waals surface area contributed by atoms with Gasteiger partial charge in [-0.05, 0) is 11.1 Å². The standard InChI is InChI=1S/C27H28F3N3O5/c1-18(34)31-26(25(37)27(28,29)30,16-20-10-6-4-7-11-20)33-23(21-12-8-5-9-13-21)17-32(19(2)35)22(24(33)36)14-15-38-3/h4-13,17,22H,14-16H2,1-3H3,(H,31,34). The summed E-state index contributed by atoms with van der Waals surface area (Å²) in [6.45, 7) is 2.18. The number of methoxy groups -OCH3 is 1. The van der Waals surface area contributed by atoms with Gasteiger partial charge in [-0.2, -0.15) is 13.2 Å². The molecule has 0 spiro atoms. The SMILES string of the molecule is COCCC1C(=O)N(C(Cc2ccccc2)(NC(C)=O)C(=O)C(F)(F)F)C(c2ccccc2)=CN1C(C)=O. The van der Waals surface area contributed by atoms with Crippen molar-refractivity contribution in [1.82, 2.24) is 15.1 Å². The molecule has 0 bridgehead atoms. The summed E-state index contributed by atoms with van der Waals surface area (Å²) in [5, 5.41) is 2.19. The number of hydrogen-bond donors (Lipinski definition) is 1. The van der Waals surface area contributed by atoms with Crippen LogP contribution in [0.4, 0.5) is 13.2 Å². The summed E-state index contributed by atoms with van der Waals surface area (Å²) >= 11 is 0. The average molecular weight is 532 g/mol. The number of nitrogens with zero attached hydrogens (tertiary/aromatic N) is 2. The number of ether oxygens (including phenoxy) is 1. The first-order valence-corrected chi connectivity index (χ1v) is 11.8. The van der Waals surface area contributed by atoms with Crippen LogP contribution in [0.2, 0.25) is 0 Å². The van der Waals surface area contributed by atoms with Crippen LogP contribution in [0, 0.1) is 0 Å². The highest BCUT2D eigenvalue weighted by atomic mass is 19.4. The number of benzene rings is 2. The summed E-state index contributed by atoms with van der Waals surface area (Å²) in [6.07, 6.45) is -4.94. The molecule has 1 N–H and O–H groups in total. The van der Waals surface area contributed by atoms with E-state index in [0.717, 1.165) is 11.8 Å². The molecule has 38 heavy (non-hydrogen) atoms. The third-order valence-corrected chi connectivity index (χ3v) is 6.07. The van der Waals surface area contributed by atoms with Gasteiger partial charge in [0.1, 0.15) is 6.04 Å². The lowest BCUT2D eigenvalue weighted by Gasteiger charge is -2.49. The second-order valence-corrected chi connectivity index (χ2v) is 8.81. The molecule has 0 fully saturated rings. The highest BCUT2D eigenvalue weighted by Gasteiger charge is 2.60. The van der Waals surface area contributed by atoms with Crippen molar-refractivity contribution in [2.75, 3.05) is 13.7 Å². The van der Waals surface area contributed by atoms with E-state index in [1.165, 1.54) is 44.5 Å². The lowest BCUT2D eigenvalue weighted by atomic mass is 9.88. The normalized spacial score (nSPS) is 17.5. The number of Topliss-reactive ketones (excluding diaryl/α,β-unsaturated/α-hetero) is 1. The van der Waals surface area contributed by atoms with Crippen LogP contribution in [0.3, 0.4) is 0 Å². The number of nitrogens with one attached hydrogen (secondary N) is 1. The molecule has 1 aliphatic heterocycles. The van der Waals surface area contributed by atoms with Crippen molar-refractivity contribution in [2.24, 2.45) is 0 Å². The van der Waals surface area contributed by atoms with Gasteiger partial charge in [0.25, 0.3) is 11.7 Å². The number of ketones is 1. The maximum Gasteiger partial charge on any atom is 0.454 e. The van der Waals surface area contributed by atoms with Crippen molar-refractivity contribution in [3.8, 4) is 0 Å². The Morgan fingerprint density at radius 3 is 2.05 bits per heavy atom. The van der Waals surface area contributed by atoms with Crippen LogP contribution in [-0.2, 0) is 30.3 Å². The zero-order valence-corrected chi connectivity index (χ0v) is 21.1. The van der Waals surface area contributed by atoms with Crippen molar-refractivity contribution in [3.05, 3.63) is 78.0 Å². The predicted octanol–water partition coefficient (Wildman–Crippen LogP) is 3.29. The molecule has 202 valence electrons. The largest absolute Gasteiger partial charge is 0.454 e. The van der Waals surface area contributed by atoms with Gasteiger partial charge in [-0.15, -0.1) is 0 Å². The van der Waals surface area contributed by atoms with Crippen LogP contribution in [0.15, 0.2) is 66.9 Å².